The van der Waals surface area contributed by atoms with E-state index in [4.69, 9.17) is 11.6 Å². The fourth-order valence-corrected chi connectivity index (χ4v) is 1.75. The van der Waals surface area contributed by atoms with Crippen LogP contribution in [0.3, 0.4) is 0 Å². The normalized spacial score (nSPS) is 10.4. The first kappa shape index (κ1) is 12.8. The van der Waals surface area contributed by atoms with Crippen LogP contribution in [0, 0.1) is 17.5 Å². The first-order valence-corrected chi connectivity index (χ1v) is 5.57. The molecule has 0 aliphatic rings. The third-order valence-corrected chi connectivity index (χ3v) is 2.76. The molecule has 1 N–H and O–H groups in total. The Morgan fingerprint density at radius 3 is 2.28 bits per heavy atom. The van der Waals surface area contributed by atoms with Crippen LogP contribution in [0.5, 0.6) is 0 Å². The van der Waals surface area contributed by atoms with Crippen molar-refractivity contribution in [2.75, 3.05) is 5.32 Å². The lowest BCUT2D eigenvalue weighted by Crippen LogP contribution is -2.05. The second kappa shape index (κ2) is 5.31. The SMILES string of the molecule is Fc1ccc(NCc2c(F)cccc2F)c(Cl)c1. The molecule has 2 aromatic carbocycles. The van der Waals surface area contributed by atoms with E-state index in [-0.39, 0.29) is 17.1 Å². The summed E-state index contributed by atoms with van der Waals surface area (Å²) in [6.07, 6.45) is 0. The highest BCUT2D eigenvalue weighted by atomic mass is 35.5. The van der Waals surface area contributed by atoms with Gasteiger partial charge in [0.25, 0.3) is 0 Å². The first-order chi connectivity index (χ1) is 8.58. The molecule has 0 atom stereocenters. The van der Waals surface area contributed by atoms with Crippen molar-refractivity contribution in [2.24, 2.45) is 0 Å². The van der Waals surface area contributed by atoms with Crippen molar-refractivity contribution in [1.29, 1.82) is 0 Å². The number of anilines is 1. The van der Waals surface area contributed by atoms with E-state index in [1.54, 1.807) is 0 Å². The summed E-state index contributed by atoms with van der Waals surface area (Å²) in [5.41, 5.74) is 0.332. The molecule has 18 heavy (non-hydrogen) atoms. The van der Waals surface area contributed by atoms with Crippen LogP contribution < -0.4 is 5.32 Å². The summed E-state index contributed by atoms with van der Waals surface area (Å²) in [5, 5.41) is 2.92. The molecule has 0 saturated heterocycles. The minimum Gasteiger partial charge on any atom is -0.380 e. The molecule has 0 aliphatic heterocycles. The van der Waals surface area contributed by atoms with Crippen LogP contribution in [0.25, 0.3) is 0 Å². The standard InChI is InChI=1S/C13H9ClF3N/c14-10-6-8(15)4-5-13(10)18-7-9-11(16)2-1-3-12(9)17/h1-6,18H,7H2. The molecular weight excluding hydrogens is 263 g/mol. The molecule has 0 radical (unpaired) electrons. The Balaban J connectivity index is 2.16. The predicted octanol–water partition coefficient (Wildman–Crippen LogP) is 4.37. The highest BCUT2D eigenvalue weighted by Crippen LogP contribution is 2.23. The highest BCUT2D eigenvalue weighted by molar-refractivity contribution is 6.33. The minimum absolute atomic E-state index is 0.0656. The molecule has 0 amide bonds. The van der Waals surface area contributed by atoms with E-state index < -0.39 is 17.5 Å². The van der Waals surface area contributed by atoms with Gasteiger partial charge in [0.05, 0.1) is 10.7 Å². The van der Waals surface area contributed by atoms with Crippen molar-refractivity contribution < 1.29 is 13.2 Å². The lowest BCUT2D eigenvalue weighted by Gasteiger charge is -2.09. The van der Waals surface area contributed by atoms with Gasteiger partial charge in [0.1, 0.15) is 17.5 Å². The Morgan fingerprint density at radius 1 is 1.00 bits per heavy atom. The van der Waals surface area contributed by atoms with Crippen LogP contribution >= 0.6 is 11.6 Å². The highest BCUT2D eigenvalue weighted by Gasteiger charge is 2.09. The molecule has 0 heterocycles. The van der Waals surface area contributed by atoms with Gasteiger partial charge in [0.2, 0.25) is 0 Å². The van der Waals surface area contributed by atoms with E-state index >= 15 is 0 Å². The van der Waals surface area contributed by atoms with E-state index in [0.717, 1.165) is 6.07 Å². The maximum atomic E-state index is 13.3. The lowest BCUT2D eigenvalue weighted by atomic mass is 10.2. The Labute approximate surface area is 107 Å². The van der Waals surface area contributed by atoms with Crippen LogP contribution in [0.15, 0.2) is 36.4 Å². The van der Waals surface area contributed by atoms with Crippen molar-refractivity contribution in [1.82, 2.24) is 0 Å². The Morgan fingerprint density at radius 2 is 1.67 bits per heavy atom. The molecule has 0 aliphatic carbocycles. The second-order valence-corrected chi connectivity index (χ2v) is 4.09. The Kier molecular flexibility index (Phi) is 3.77. The summed E-state index contributed by atoms with van der Waals surface area (Å²) in [7, 11) is 0. The van der Waals surface area contributed by atoms with Crippen molar-refractivity contribution in [3.8, 4) is 0 Å². The van der Waals surface area contributed by atoms with Crippen LogP contribution in [0.2, 0.25) is 5.02 Å². The van der Waals surface area contributed by atoms with Gasteiger partial charge in [-0.3, -0.25) is 0 Å². The molecule has 0 aromatic heterocycles. The first-order valence-electron chi connectivity index (χ1n) is 5.20. The predicted molar refractivity (Wildman–Crippen MR) is 65.1 cm³/mol. The maximum Gasteiger partial charge on any atom is 0.131 e. The molecule has 0 saturated carbocycles. The molecule has 0 fully saturated rings. The molecule has 94 valence electrons. The molecular formula is C13H9ClF3N. The van der Waals surface area contributed by atoms with Gasteiger partial charge in [-0.05, 0) is 30.3 Å². The largest absolute Gasteiger partial charge is 0.380 e. The van der Waals surface area contributed by atoms with Crippen LogP contribution in [-0.2, 0) is 6.54 Å². The number of halogens is 4. The third kappa shape index (κ3) is 2.76. The Bertz CT molecular complexity index is 552. The van der Waals surface area contributed by atoms with E-state index in [0.29, 0.717) is 5.69 Å². The van der Waals surface area contributed by atoms with E-state index in [1.807, 2.05) is 0 Å². The van der Waals surface area contributed by atoms with E-state index in [2.05, 4.69) is 5.32 Å². The molecule has 2 aromatic rings. The topological polar surface area (TPSA) is 12.0 Å². The van der Waals surface area contributed by atoms with Gasteiger partial charge in [0, 0.05) is 12.1 Å². The quantitative estimate of drug-likeness (QED) is 0.874. The molecule has 2 rings (SSSR count). The summed E-state index contributed by atoms with van der Waals surface area (Å²) < 4.78 is 39.5. The van der Waals surface area contributed by atoms with Crippen molar-refractivity contribution >= 4 is 17.3 Å². The molecule has 0 spiro atoms. The average molecular weight is 272 g/mol. The zero-order valence-corrected chi connectivity index (χ0v) is 9.94. The van der Waals surface area contributed by atoms with Crippen LogP contribution in [-0.4, -0.2) is 0 Å². The summed E-state index contributed by atoms with van der Waals surface area (Å²) in [5.74, 6) is -1.75. The van der Waals surface area contributed by atoms with Gasteiger partial charge < -0.3 is 5.32 Å². The van der Waals surface area contributed by atoms with Gasteiger partial charge in [-0.15, -0.1) is 0 Å². The summed E-state index contributed by atoms with van der Waals surface area (Å²) in [6, 6.07) is 7.39. The number of hydrogen-bond acceptors (Lipinski definition) is 1. The Hall–Kier alpha value is -1.68. The zero-order chi connectivity index (χ0) is 13.1. The monoisotopic (exact) mass is 271 g/mol. The van der Waals surface area contributed by atoms with Gasteiger partial charge in [0.15, 0.2) is 0 Å². The van der Waals surface area contributed by atoms with Crippen molar-refractivity contribution in [3.63, 3.8) is 0 Å². The van der Waals surface area contributed by atoms with E-state index in [9.17, 15) is 13.2 Å². The summed E-state index contributed by atoms with van der Waals surface area (Å²) in [4.78, 5) is 0. The number of nitrogens with one attached hydrogen (secondary N) is 1. The molecule has 1 nitrogen and oxygen atoms in total. The van der Waals surface area contributed by atoms with Crippen molar-refractivity contribution in [2.45, 2.75) is 6.54 Å². The summed E-state index contributed by atoms with van der Waals surface area (Å²) >= 11 is 5.79. The molecule has 0 unspecified atom stereocenters. The maximum absolute atomic E-state index is 13.3. The van der Waals surface area contributed by atoms with Crippen molar-refractivity contribution in [3.05, 3.63) is 64.4 Å². The fourth-order valence-electron chi connectivity index (χ4n) is 1.52. The summed E-state index contributed by atoms with van der Waals surface area (Å²) in [6.45, 7) is -0.0656. The third-order valence-electron chi connectivity index (χ3n) is 2.45. The smallest absolute Gasteiger partial charge is 0.131 e. The molecule has 0 bridgehead atoms. The zero-order valence-electron chi connectivity index (χ0n) is 9.18. The van der Waals surface area contributed by atoms with E-state index in [1.165, 1.54) is 30.3 Å². The van der Waals surface area contributed by atoms with Gasteiger partial charge in [-0.2, -0.15) is 0 Å². The number of rotatable bonds is 3. The van der Waals surface area contributed by atoms with Crippen LogP contribution in [0.1, 0.15) is 5.56 Å². The fraction of sp³-hybridized carbons (Fsp3) is 0.0769. The second-order valence-electron chi connectivity index (χ2n) is 3.68. The van der Waals surface area contributed by atoms with Crippen LogP contribution in [0.4, 0.5) is 18.9 Å². The number of hydrogen-bond donors (Lipinski definition) is 1. The van der Waals surface area contributed by atoms with Gasteiger partial charge in [-0.1, -0.05) is 17.7 Å². The lowest BCUT2D eigenvalue weighted by molar-refractivity contribution is 0.560. The molecule has 5 heteroatoms. The van der Waals surface area contributed by atoms with Gasteiger partial charge >= 0.3 is 0 Å². The van der Waals surface area contributed by atoms with Gasteiger partial charge in [-0.25, -0.2) is 13.2 Å². The average Bonchev–Trinajstić information content (AvgIpc) is 2.31. The minimum atomic E-state index is -0.638. The number of benzene rings is 2.